The molecule has 34 heavy (non-hydrogen) atoms. The predicted octanol–water partition coefficient (Wildman–Crippen LogP) is 4.50. The van der Waals surface area contributed by atoms with Gasteiger partial charge < -0.3 is 9.88 Å². The fourth-order valence-electron chi connectivity index (χ4n) is 3.48. The standard InChI is InChI=1S/C24H27FN8O/c1-14(2)33-22(29-30-31-33)18-8-7-9-21(27-18)28-23(34)16-11-19(15(3)10-17(16)25)32-12-20(26-13-32)24(4,5)6/h7-14H,1-6H3,(H,27,28,34). The van der Waals surface area contributed by atoms with Gasteiger partial charge in [-0.25, -0.2) is 19.0 Å². The van der Waals surface area contributed by atoms with E-state index >= 15 is 0 Å². The Bertz CT molecular complexity index is 1350. The highest BCUT2D eigenvalue weighted by Gasteiger charge is 2.20. The Kier molecular flexibility index (Phi) is 5.99. The zero-order chi connectivity index (χ0) is 24.6. The molecule has 3 heterocycles. The number of hydrogen-bond donors (Lipinski definition) is 1. The van der Waals surface area contributed by atoms with Crippen LogP contribution in [0.15, 0.2) is 42.9 Å². The molecule has 0 aliphatic carbocycles. The summed E-state index contributed by atoms with van der Waals surface area (Å²) in [6, 6.07) is 8.01. The molecule has 3 aromatic heterocycles. The van der Waals surface area contributed by atoms with Crippen molar-refractivity contribution in [3.05, 3.63) is 65.5 Å². The molecule has 1 aromatic carbocycles. The van der Waals surface area contributed by atoms with Crippen LogP contribution < -0.4 is 5.32 Å². The fraction of sp³-hybridized carbons (Fsp3) is 0.333. The molecule has 10 heteroatoms. The molecule has 0 spiro atoms. The Balaban J connectivity index is 1.64. The van der Waals surface area contributed by atoms with Crippen molar-refractivity contribution in [2.45, 2.75) is 53.0 Å². The van der Waals surface area contributed by atoms with Crippen molar-refractivity contribution in [1.82, 2.24) is 34.7 Å². The summed E-state index contributed by atoms with van der Waals surface area (Å²) in [6.45, 7) is 11.9. The van der Waals surface area contributed by atoms with Crippen LogP contribution in [0.2, 0.25) is 0 Å². The number of benzene rings is 1. The van der Waals surface area contributed by atoms with Gasteiger partial charge in [0.2, 0.25) is 5.82 Å². The summed E-state index contributed by atoms with van der Waals surface area (Å²) in [5.41, 5.74) is 2.53. The molecule has 0 atom stereocenters. The van der Waals surface area contributed by atoms with Crippen LogP contribution in [0.4, 0.5) is 10.2 Å². The van der Waals surface area contributed by atoms with E-state index in [1.165, 1.54) is 12.1 Å². The molecule has 1 amide bonds. The topological polar surface area (TPSA) is 103 Å². The summed E-state index contributed by atoms with van der Waals surface area (Å²) in [7, 11) is 0. The second kappa shape index (κ2) is 8.77. The quantitative estimate of drug-likeness (QED) is 0.468. The minimum atomic E-state index is -0.616. The van der Waals surface area contributed by atoms with Crippen LogP contribution in [0.25, 0.3) is 17.2 Å². The maximum atomic E-state index is 14.8. The number of nitrogens with one attached hydrogen (secondary N) is 1. The lowest BCUT2D eigenvalue weighted by Crippen LogP contribution is -2.16. The number of imidazole rings is 1. The number of nitrogens with zero attached hydrogens (tertiary/aromatic N) is 7. The van der Waals surface area contributed by atoms with Gasteiger partial charge in [-0.15, -0.1) is 5.10 Å². The summed E-state index contributed by atoms with van der Waals surface area (Å²) >= 11 is 0. The van der Waals surface area contributed by atoms with E-state index in [1.54, 1.807) is 40.7 Å². The highest BCUT2D eigenvalue weighted by atomic mass is 19.1. The van der Waals surface area contributed by atoms with Crippen LogP contribution in [0.1, 0.15) is 62.3 Å². The van der Waals surface area contributed by atoms with Crippen molar-refractivity contribution >= 4 is 11.7 Å². The molecule has 0 saturated heterocycles. The second-order valence-corrected chi connectivity index (χ2v) is 9.44. The molecule has 4 aromatic rings. The van der Waals surface area contributed by atoms with Gasteiger partial charge in [-0.2, -0.15) is 0 Å². The van der Waals surface area contributed by atoms with Crippen LogP contribution >= 0.6 is 0 Å². The van der Waals surface area contributed by atoms with E-state index in [0.717, 1.165) is 5.69 Å². The van der Waals surface area contributed by atoms with Crippen molar-refractivity contribution in [3.63, 3.8) is 0 Å². The van der Waals surface area contributed by atoms with Gasteiger partial charge in [0.1, 0.15) is 17.3 Å². The van der Waals surface area contributed by atoms with Crippen molar-refractivity contribution in [3.8, 4) is 17.2 Å². The number of aryl methyl sites for hydroxylation is 1. The molecule has 0 aliphatic rings. The van der Waals surface area contributed by atoms with Crippen LogP contribution in [0.3, 0.4) is 0 Å². The first kappa shape index (κ1) is 23.2. The first-order chi connectivity index (χ1) is 16.0. The Labute approximate surface area is 197 Å². The molecule has 0 bridgehead atoms. The fourth-order valence-corrected chi connectivity index (χ4v) is 3.48. The van der Waals surface area contributed by atoms with Gasteiger partial charge in [0.15, 0.2) is 0 Å². The van der Waals surface area contributed by atoms with E-state index in [9.17, 15) is 9.18 Å². The maximum Gasteiger partial charge on any atom is 0.259 e. The number of carbonyl (C=O) groups is 1. The highest BCUT2D eigenvalue weighted by Crippen LogP contribution is 2.25. The van der Waals surface area contributed by atoms with Gasteiger partial charge in [-0.05, 0) is 61.0 Å². The number of carbonyl (C=O) groups excluding carboxylic acids is 1. The summed E-state index contributed by atoms with van der Waals surface area (Å²) in [4.78, 5) is 21.9. The average Bonchev–Trinajstić information content (AvgIpc) is 3.44. The van der Waals surface area contributed by atoms with Crippen LogP contribution in [0, 0.1) is 12.7 Å². The first-order valence-electron chi connectivity index (χ1n) is 11.0. The number of anilines is 1. The molecule has 176 valence electrons. The normalized spacial score (nSPS) is 11.8. The van der Waals surface area contributed by atoms with Crippen molar-refractivity contribution in [2.75, 3.05) is 5.32 Å². The summed E-state index contributed by atoms with van der Waals surface area (Å²) in [5, 5.41) is 14.4. The molecular formula is C24H27FN8O. The third kappa shape index (κ3) is 4.57. The minimum absolute atomic E-state index is 0.0344. The average molecular weight is 463 g/mol. The molecule has 4 rings (SSSR count). The van der Waals surface area contributed by atoms with Crippen LogP contribution in [-0.2, 0) is 5.41 Å². The van der Waals surface area contributed by atoms with E-state index in [4.69, 9.17) is 0 Å². The monoisotopic (exact) mass is 462 g/mol. The number of rotatable bonds is 5. The lowest BCUT2D eigenvalue weighted by Gasteiger charge is -2.15. The Morgan fingerprint density at radius 1 is 1.18 bits per heavy atom. The SMILES string of the molecule is Cc1cc(F)c(C(=O)Nc2cccc(-c3nnnn3C(C)C)n2)cc1-n1cnc(C(C)(C)C)c1. The van der Waals surface area contributed by atoms with Gasteiger partial charge in [0.25, 0.3) is 5.91 Å². The van der Waals surface area contributed by atoms with Gasteiger partial charge in [-0.1, -0.05) is 26.8 Å². The number of amides is 1. The lowest BCUT2D eigenvalue weighted by atomic mass is 9.93. The minimum Gasteiger partial charge on any atom is -0.306 e. The second-order valence-electron chi connectivity index (χ2n) is 9.44. The third-order valence-corrected chi connectivity index (χ3v) is 5.36. The maximum absolute atomic E-state index is 14.8. The lowest BCUT2D eigenvalue weighted by molar-refractivity contribution is 0.102. The van der Waals surface area contributed by atoms with Crippen LogP contribution in [-0.4, -0.2) is 40.6 Å². The third-order valence-electron chi connectivity index (χ3n) is 5.36. The van der Waals surface area contributed by atoms with Crippen LogP contribution in [0.5, 0.6) is 0 Å². The molecule has 9 nitrogen and oxygen atoms in total. The largest absolute Gasteiger partial charge is 0.306 e. The molecule has 0 aliphatic heterocycles. The molecule has 0 radical (unpaired) electrons. The molecular weight excluding hydrogens is 435 g/mol. The molecule has 0 saturated carbocycles. The van der Waals surface area contributed by atoms with E-state index < -0.39 is 11.7 Å². The summed E-state index contributed by atoms with van der Waals surface area (Å²) in [6.07, 6.45) is 3.57. The van der Waals surface area contributed by atoms with Crippen molar-refractivity contribution < 1.29 is 9.18 Å². The van der Waals surface area contributed by atoms with E-state index in [2.05, 4.69) is 51.6 Å². The number of hydrogen-bond acceptors (Lipinski definition) is 6. The number of tetrazole rings is 1. The smallest absolute Gasteiger partial charge is 0.259 e. The van der Waals surface area contributed by atoms with Gasteiger partial charge in [0.05, 0.1) is 29.3 Å². The number of aromatic nitrogens is 7. The summed E-state index contributed by atoms with van der Waals surface area (Å²) < 4.78 is 18.2. The van der Waals surface area contributed by atoms with Crippen molar-refractivity contribution in [2.24, 2.45) is 0 Å². The number of pyridine rings is 1. The van der Waals surface area contributed by atoms with Gasteiger partial charge >= 0.3 is 0 Å². The molecule has 0 unspecified atom stereocenters. The first-order valence-corrected chi connectivity index (χ1v) is 11.0. The Hall–Kier alpha value is -3.95. The van der Waals surface area contributed by atoms with E-state index in [-0.39, 0.29) is 22.8 Å². The van der Waals surface area contributed by atoms with Crippen molar-refractivity contribution in [1.29, 1.82) is 0 Å². The zero-order valence-electron chi connectivity index (χ0n) is 20.0. The Morgan fingerprint density at radius 2 is 1.94 bits per heavy atom. The zero-order valence-corrected chi connectivity index (χ0v) is 20.0. The molecule has 0 fully saturated rings. The van der Waals surface area contributed by atoms with Gasteiger partial charge in [-0.3, -0.25) is 4.79 Å². The summed E-state index contributed by atoms with van der Waals surface area (Å²) in [5.74, 6) is -0.484. The highest BCUT2D eigenvalue weighted by molar-refractivity contribution is 6.04. The van der Waals surface area contributed by atoms with E-state index in [1.807, 2.05) is 20.0 Å². The Morgan fingerprint density at radius 3 is 2.62 bits per heavy atom. The predicted molar refractivity (Wildman–Crippen MR) is 126 cm³/mol. The molecule has 1 N–H and O–H groups in total. The van der Waals surface area contributed by atoms with Gasteiger partial charge in [0, 0.05) is 11.6 Å². The number of halogens is 1. The van der Waals surface area contributed by atoms with E-state index in [0.29, 0.717) is 22.8 Å².